The zero-order valence-corrected chi connectivity index (χ0v) is 9.66. The number of nitrogens with one attached hydrogen (secondary N) is 1. The van der Waals surface area contributed by atoms with Crippen LogP contribution in [-0.4, -0.2) is 31.1 Å². The Balaban J connectivity index is 1.92. The quantitative estimate of drug-likeness (QED) is 0.796. The first-order chi connectivity index (χ1) is 7.24. The normalized spacial score (nSPS) is 19.1. The van der Waals surface area contributed by atoms with Gasteiger partial charge < -0.3 is 10.2 Å². The number of benzene rings is 1. The van der Waals surface area contributed by atoms with Crippen LogP contribution in [0.5, 0.6) is 0 Å². The molecule has 0 aromatic heterocycles. The number of rotatable bonds is 2. The van der Waals surface area contributed by atoms with Crippen molar-refractivity contribution >= 4 is 5.69 Å². The Bertz CT molecular complexity index is 314. The SMILES string of the molecule is Cc1cccc(NC2CCN(C)CC2)c1. The molecular formula is C13H20N2. The summed E-state index contributed by atoms with van der Waals surface area (Å²) in [5, 5.41) is 3.62. The smallest absolute Gasteiger partial charge is 0.0344 e. The molecule has 1 aliphatic heterocycles. The summed E-state index contributed by atoms with van der Waals surface area (Å²) in [6, 6.07) is 9.29. The van der Waals surface area contributed by atoms with Gasteiger partial charge in [-0.3, -0.25) is 0 Å². The van der Waals surface area contributed by atoms with E-state index in [2.05, 4.69) is 48.5 Å². The molecule has 15 heavy (non-hydrogen) atoms. The standard InChI is InChI=1S/C13H20N2/c1-11-4-3-5-13(10-11)14-12-6-8-15(2)9-7-12/h3-5,10,12,14H,6-9H2,1-2H3. The number of piperidine rings is 1. The summed E-state index contributed by atoms with van der Waals surface area (Å²) >= 11 is 0. The number of hydrogen-bond acceptors (Lipinski definition) is 2. The van der Waals surface area contributed by atoms with Crippen molar-refractivity contribution in [1.82, 2.24) is 4.90 Å². The maximum atomic E-state index is 3.62. The van der Waals surface area contributed by atoms with Crippen LogP contribution < -0.4 is 5.32 Å². The van der Waals surface area contributed by atoms with E-state index in [1.165, 1.54) is 37.2 Å². The van der Waals surface area contributed by atoms with Crippen molar-refractivity contribution in [3.05, 3.63) is 29.8 Å². The molecule has 0 saturated carbocycles. The molecule has 2 heteroatoms. The van der Waals surface area contributed by atoms with E-state index in [0.29, 0.717) is 6.04 Å². The van der Waals surface area contributed by atoms with Crippen LogP contribution >= 0.6 is 0 Å². The maximum Gasteiger partial charge on any atom is 0.0344 e. The van der Waals surface area contributed by atoms with Crippen LogP contribution in [-0.2, 0) is 0 Å². The monoisotopic (exact) mass is 204 g/mol. The van der Waals surface area contributed by atoms with Gasteiger partial charge in [-0.15, -0.1) is 0 Å². The molecule has 2 nitrogen and oxygen atoms in total. The average Bonchev–Trinajstić information content (AvgIpc) is 2.22. The number of likely N-dealkylation sites (tertiary alicyclic amines) is 1. The van der Waals surface area contributed by atoms with E-state index in [1.807, 2.05) is 0 Å². The van der Waals surface area contributed by atoms with Gasteiger partial charge in [0, 0.05) is 11.7 Å². The van der Waals surface area contributed by atoms with Crippen molar-refractivity contribution in [3.63, 3.8) is 0 Å². The fourth-order valence-corrected chi connectivity index (χ4v) is 2.12. The van der Waals surface area contributed by atoms with Crippen LogP contribution in [0.2, 0.25) is 0 Å². The summed E-state index contributed by atoms with van der Waals surface area (Å²) in [5.41, 5.74) is 2.59. The van der Waals surface area contributed by atoms with E-state index in [-0.39, 0.29) is 0 Å². The average molecular weight is 204 g/mol. The van der Waals surface area contributed by atoms with E-state index >= 15 is 0 Å². The Kier molecular flexibility index (Phi) is 3.27. The van der Waals surface area contributed by atoms with Crippen LogP contribution in [0, 0.1) is 6.92 Å². The van der Waals surface area contributed by atoms with Crippen LogP contribution in [0.3, 0.4) is 0 Å². The van der Waals surface area contributed by atoms with Gasteiger partial charge in [0.2, 0.25) is 0 Å². The molecule has 0 atom stereocenters. The van der Waals surface area contributed by atoms with Crippen molar-refractivity contribution in [2.75, 3.05) is 25.5 Å². The van der Waals surface area contributed by atoms with Gasteiger partial charge in [-0.05, 0) is 57.6 Å². The second kappa shape index (κ2) is 4.67. The zero-order valence-electron chi connectivity index (χ0n) is 9.66. The molecule has 0 aliphatic carbocycles. The molecule has 1 aromatic rings. The summed E-state index contributed by atoms with van der Waals surface area (Å²) in [7, 11) is 2.20. The first-order valence-electron chi connectivity index (χ1n) is 5.76. The number of aryl methyl sites for hydroxylation is 1. The minimum atomic E-state index is 0.656. The van der Waals surface area contributed by atoms with Gasteiger partial charge in [-0.1, -0.05) is 12.1 Å². The van der Waals surface area contributed by atoms with Gasteiger partial charge >= 0.3 is 0 Å². The molecule has 0 spiro atoms. The molecule has 1 fully saturated rings. The van der Waals surface area contributed by atoms with Gasteiger partial charge in [0.1, 0.15) is 0 Å². The van der Waals surface area contributed by atoms with Crippen molar-refractivity contribution in [2.24, 2.45) is 0 Å². The minimum absolute atomic E-state index is 0.656. The van der Waals surface area contributed by atoms with Crippen LogP contribution in [0.1, 0.15) is 18.4 Å². The van der Waals surface area contributed by atoms with Gasteiger partial charge in [-0.25, -0.2) is 0 Å². The Morgan fingerprint density at radius 2 is 2.00 bits per heavy atom. The fraction of sp³-hybridized carbons (Fsp3) is 0.538. The van der Waals surface area contributed by atoms with Crippen molar-refractivity contribution in [2.45, 2.75) is 25.8 Å². The summed E-state index contributed by atoms with van der Waals surface area (Å²) < 4.78 is 0. The largest absolute Gasteiger partial charge is 0.382 e. The number of anilines is 1. The Hall–Kier alpha value is -1.02. The molecular weight excluding hydrogens is 184 g/mol. The van der Waals surface area contributed by atoms with Crippen LogP contribution in [0.15, 0.2) is 24.3 Å². The molecule has 2 rings (SSSR count). The number of nitrogens with zero attached hydrogens (tertiary/aromatic N) is 1. The minimum Gasteiger partial charge on any atom is -0.382 e. The Morgan fingerprint density at radius 1 is 1.27 bits per heavy atom. The first kappa shape index (κ1) is 10.5. The molecule has 1 saturated heterocycles. The molecule has 0 radical (unpaired) electrons. The second-order valence-corrected chi connectivity index (χ2v) is 4.59. The zero-order chi connectivity index (χ0) is 10.7. The van der Waals surface area contributed by atoms with Crippen LogP contribution in [0.25, 0.3) is 0 Å². The molecule has 1 aliphatic rings. The molecule has 0 bridgehead atoms. The summed E-state index contributed by atoms with van der Waals surface area (Å²) in [6.07, 6.45) is 2.51. The van der Waals surface area contributed by atoms with Crippen molar-refractivity contribution < 1.29 is 0 Å². The summed E-state index contributed by atoms with van der Waals surface area (Å²) in [6.45, 7) is 4.56. The highest BCUT2D eigenvalue weighted by atomic mass is 15.1. The lowest BCUT2D eigenvalue weighted by molar-refractivity contribution is 0.264. The molecule has 82 valence electrons. The van der Waals surface area contributed by atoms with Gasteiger partial charge in [0.15, 0.2) is 0 Å². The Morgan fingerprint density at radius 3 is 2.67 bits per heavy atom. The van der Waals surface area contributed by atoms with E-state index in [4.69, 9.17) is 0 Å². The topological polar surface area (TPSA) is 15.3 Å². The predicted octanol–water partition coefficient (Wildman–Crippen LogP) is 2.50. The lowest BCUT2D eigenvalue weighted by Gasteiger charge is -2.30. The molecule has 1 heterocycles. The van der Waals surface area contributed by atoms with Crippen molar-refractivity contribution in [3.8, 4) is 0 Å². The molecule has 0 amide bonds. The molecule has 0 unspecified atom stereocenters. The van der Waals surface area contributed by atoms with E-state index < -0.39 is 0 Å². The van der Waals surface area contributed by atoms with E-state index in [9.17, 15) is 0 Å². The first-order valence-corrected chi connectivity index (χ1v) is 5.76. The number of hydrogen-bond donors (Lipinski definition) is 1. The maximum absolute atomic E-state index is 3.62. The highest BCUT2D eigenvalue weighted by Crippen LogP contribution is 2.16. The lowest BCUT2D eigenvalue weighted by atomic mass is 10.0. The van der Waals surface area contributed by atoms with E-state index in [1.54, 1.807) is 0 Å². The fourth-order valence-electron chi connectivity index (χ4n) is 2.12. The highest BCUT2D eigenvalue weighted by Gasteiger charge is 2.15. The van der Waals surface area contributed by atoms with Gasteiger partial charge in [-0.2, -0.15) is 0 Å². The third kappa shape index (κ3) is 2.96. The molecule has 1 N–H and O–H groups in total. The van der Waals surface area contributed by atoms with Gasteiger partial charge in [0.25, 0.3) is 0 Å². The molecule has 1 aromatic carbocycles. The van der Waals surface area contributed by atoms with E-state index in [0.717, 1.165) is 0 Å². The summed E-state index contributed by atoms with van der Waals surface area (Å²) in [5.74, 6) is 0. The third-order valence-corrected chi connectivity index (χ3v) is 3.11. The Labute approximate surface area is 92.3 Å². The summed E-state index contributed by atoms with van der Waals surface area (Å²) in [4.78, 5) is 2.40. The highest BCUT2D eigenvalue weighted by molar-refractivity contribution is 5.46. The van der Waals surface area contributed by atoms with Crippen LogP contribution in [0.4, 0.5) is 5.69 Å². The predicted molar refractivity (Wildman–Crippen MR) is 65.3 cm³/mol. The van der Waals surface area contributed by atoms with Gasteiger partial charge in [0.05, 0.1) is 0 Å². The third-order valence-electron chi connectivity index (χ3n) is 3.11. The lowest BCUT2D eigenvalue weighted by Crippen LogP contribution is -2.36. The van der Waals surface area contributed by atoms with Crippen molar-refractivity contribution in [1.29, 1.82) is 0 Å². The second-order valence-electron chi connectivity index (χ2n) is 4.59.